The van der Waals surface area contributed by atoms with Crippen molar-refractivity contribution in [2.45, 2.75) is 33.2 Å². The lowest BCUT2D eigenvalue weighted by Crippen LogP contribution is -2.42. The van der Waals surface area contributed by atoms with Crippen molar-refractivity contribution in [2.24, 2.45) is 5.92 Å². The van der Waals surface area contributed by atoms with Crippen LogP contribution in [0.4, 0.5) is 9.93 Å². The molecule has 1 aromatic carbocycles. The lowest BCUT2D eigenvalue weighted by molar-refractivity contribution is 0.152. The minimum Gasteiger partial charge on any atom is -0.394 e. The summed E-state index contributed by atoms with van der Waals surface area (Å²) < 4.78 is 0. The molecule has 1 saturated heterocycles. The molecule has 2 aromatic rings. The fourth-order valence-corrected chi connectivity index (χ4v) is 3.96. The summed E-state index contributed by atoms with van der Waals surface area (Å²) in [5.74, 6) is 0.306. The van der Waals surface area contributed by atoms with Gasteiger partial charge in [-0.3, -0.25) is 5.32 Å². The molecule has 1 aromatic heterocycles. The smallest absolute Gasteiger partial charge is 0.324 e. The Morgan fingerprint density at radius 3 is 2.92 bits per heavy atom. The maximum atomic E-state index is 12.4. The molecule has 0 radical (unpaired) electrons. The lowest BCUT2D eigenvalue weighted by atomic mass is 10.0. The number of likely N-dealkylation sites (tertiary alicyclic amines) is 1. The largest absolute Gasteiger partial charge is 0.394 e. The molecular formula is C17H22N4O2S. The van der Waals surface area contributed by atoms with Crippen molar-refractivity contribution in [3.05, 3.63) is 29.3 Å². The van der Waals surface area contributed by atoms with E-state index in [9.17, 15) is 9.90 Å². The van der Waals surface area contributed by atoms with Gasteiger partial charge in [0.05, 0.1) is 12.6 Å². The minimum atomic E-state index is -0.221. The zero-order valence-electron chi connectivity index (χ0n) is 14.1. The SMILES string of the molecule is Cc1ccc(-c2nnc(NC(=O)N3CCC(C)C3CO)s2)c(C)c1. The van der Waals surface area contributed by atoms with Crippen LogP contribution in [0.2, 0.25) is 0 Å². The summed E-state index contributed by atoms with van der Waals surface area (Å²) in [6.45, 7) is 6.79. The third kappa shape index (κ3) is 3.27. The van der Waals surface area contributed by atoms with Crippen LogP contribution in [-0.4, -0.2) is 45.4 Å². The Hall–Kier alpha value is -1.99. The van der Waals surface area contributed by atoms with Crippen molar-refractivity contribution in [1.82, 2.24) is 15.1 Å². The summed E-state index contributed by atoms with van der Waals surface area (Å²) in [6.07, 6.45) is 0.905. The fourth-order valence-electron chi connectivity index (χ4n) is 3.14. The number of carbonyl (C=O) groups is 1. The molecule has 2 unspecified atom stereocenters. The van der Waals surface area contributed by atoms with Gasteiger partial charge in [0.2, 0.25) is 5.13 Å². The Kier molecular flexibility index (Phi) is 4.82. The standard InChI is InChI=1S/C17H22N4O2S/c1-10-4-5-13(12(3)8-10)15-19-20-16(24-15)18-17(23)21-7-6-11(2)14(21)9-22/h4-5,8,11,14,22H,6-7,9H2,1-3H3,(H,18,20,23). The van der Waals surface area contributed by atoms with Gasteiger partial charge in [-0.2, -0.15) is 0 Å². The summed E-state index contributed by atoms with van der Waals surface area (Å²) in [7, 11) is 0. The normalized spacial score (nSPS) is 20.4. The van der Waals surface area contributed by atoms with Gasteiger partial charge in [-0.05, 0) is 31.7 Å². The zero-order chi connectivity index (χ0) is 17.3. The monoisotopic (exact) mass is 346 g/mol. The van der Waals surface area contributed by atoms with Crippen molar-refractivity contribution in [3.63, 3.8) is 0 Å². The maximum absolute atomic E-state index is 12.4. The second-order valence-electron chi connectivity index (χ2n) is 6.37. The Morgan fingerprint density at radius 1 is 1.42 bits per heavy atom. The molecule has 6 nitrogen and oxygen atoms in total. The number of hydrogen-bond donors (Lipinski definition) is 2. The number of benzene rings is 1. The maximum Gasteiger partial charge on any atom is 0.324 e. The quantitative estimate of drug-likeness (QED) is 0.895. The molecule has 128 valence electrons. The molecular weight excluding hydrogens is 324 g/mol. The number of aliphatic hydroxyl groups is 1. The molecule has 0 bridgehead atoms. The molecule has 2 atom stereocenters. The first-order valence-corrected chi connectivity index (χ1v) is 8.91. The van der Waals surface area contributed by atoms with E-state index in [2.05, 4.69) is 35.4 Å². The number of aryl methyl sites for hydroxylation is 2. The van der Waals surface area contributed by atoms with E-state index < -0.39 is 0 Å². The van der Waals surface area contributed by atoms with E-state index in [1.165, 1.54) is 16.9 Å². The first-order chi connectivity index (χ1) is 11.5. The highest BCUT2D eigenvalue weighted by molar-refractivity contribution is 7.18. The first kappa shape index (κ1) is 16.9. The van der Waals surface area contributed by atoms with Crippen molar-refractivity contribution in [2.75, 3.05) is 18.5 Å². The fraction of sp³-hybridized carbons (Fsp3) is 0.471. The third-order valence-electron chi connectivity index (χ3n) is 4.58. The number of rotatable bonds is 3. The second kappa shape index (κ2) is 6.86. The van der Waals surface area contributed by atoms with Crippen molar-refractivity contribution in [3.8, 4) is 10.6 Å². The number of aliphatic hydroxyl groups excluding tert-OH is 1. The van der Waals surface area contributed by atoms with Gasteiger partial charge in [0, 0.05) is 12.1 Å². The highest BCUT2D eigenvalue weighted by atomic mass is 32.1. The van der Waals surface area contributed by atoms with Crippen LogP contribution in [0.3, 0.4) is 0 Å². The summed E-state index contributed by atoms with van der Waals surface area (Å²) in [4.78, 5) is 14.1. The number of nitrogens with zero attached hydrogens (tertiary/aromatic N) is 3. The molecule has 24 heavy (non-hydrogen) atoms. The topological polar surface area (TPSA) is 78.4 Å². The minimum absolute atomic E-state index is 0.0154. The van der Waals surface area contributed by atoms with Crippen LogP contribution in [0.1, 0.15) is 24.5 Å². The van der Waals surface area contributed by atoms with Crippen LogP contribution >= 0.6 is 11.3 Å². The molecule has 2 N–H and O–H groups in total. The molecule has 0 spiro atoms. The van der Waals surface area contributed by atoms with E-state index >= 15 is 0 Å². The lowest BCUT2D eigenvalue weighted by Gasteiger charge is -2.24. The van der Waals surface area contributed by atoms with E-state index in [1.807, 2.05) is 19.1 Å². The molecule has 1 aliphatic rings. The third-order valence-corrected chi connectivity index (χ3v) is 5.45. The number of nitrogens with one attached hydrogen (secondary N) is 1. The molecule has 7 heteroatoms. The number of aromatic nitrogens is 2. The average Bonchev–Trinajstić information content (AvgIpc) is 3.13. The summed E-state index contributed by atoms with van der Waals surface area (Å²) >= 11 is 1.36. The van der Waals surface area contributed by atoms with Crippen LogP contribution in [-0.2, 0) is 0 Å². The van der Waals surface area contributed by atoms with Crippen molar-refractivity contribution < 1.29 is 9.90 Å². The van der Waals surface area contributed by atoms with Gasteiger partial charge in [-0.15, -0.1) is 10.2 Å². The Labute approximate surface area is 145 Å². The van der Waals surface area contributed by atoms with E-state index in [0.29, 0.717) is 17.6 Å². The van der Waals surface area contributed by atoms with E-state index in [1.54, 1.807) is 4.90 Å². The Bertz CT molecular complexity index is 746. The van der Waals surface area contributed by atoms with Crippen LogP contribution in [0.25, 0.3) is 10.6 Å². The van der Waals surface area contributed by atoms with E-state index in [0.717, 1.165) is 22.6 Å². The average molecular weight is 346 g/mol. The van der Waals surface area contributed by atoms with Crippen molar-refractivity contribution in [1.29, 1.82) is 0 Å². The first-order valence-electron chi connectivity index (χ1n) is 8.09. The second-order valence-corrected chi connectivity index (χ2v) is 7.35. The van der Waals surface area contributed by atoms with Crippen LogP contribution in [0.5, 0.6) is 0 Å². The highest BCUT2D eigenvalue weighted by Gasteiger charge is 2.34. The van der Waals surface area contributed by atoms with Gasteiger partial charge in [0.1, 0.15) is 5.01 Å². The number of urea groups is 1. The summed E-state index contributed by atoms with van der Waals surface area (Å²) in [5.41, 5.74) is 3.37. The number of hydrogen-bond acceptors (Lipinski definition) is 5. The zero-order valence-corrected chi connectivity index (χ0v) is 14.9. The van der Waals surface area contributed by atoms with Gasteiger partial charge < -0.3 is 10.0 Å². The van der Waals surface area contributed by atoms with Crippen molar-refractivity contribution >= 4 is 22.5 Å². The molecule has 2 amide bonds. The Balaban J connectivity index is 1.73. The predicted octanol–water partition coefficient (Wildman–Crippen LogP) is 3.06. The number of carbonyl (C=O) groups excluding carboxylic acids is 1. The van der Waals surface area contributed by atoms with Gasteiger partial charge in [0.15, 0.2) is 0 Å². The highest BCUT2D eigenvalue weighted by Crippen LogP contribution is 2.30. The van der Waals surface area contributed by atoms with E-state index in [4.69, 9.17) is 0 Å². The summed E-state index contributed by atoms with van der Waals surface area (Å²) in [6, 6.07) is 5.82. The molecule has 0 saturated carbocycles. The molecule has 3 rings (SSSR count). The van der Waals surface area contributed by atoms with Crippen LogP contribution in [0.15, 0.2) is 18.2 Å². The predicted molar refractivity (Wildman–Crippen MR) is 95.2 cm³/mol. The van der Waals surface area contributed by atoms with Crippen LogP contribution in [0, 0.1) is 19.8 Å². The van der Waals surface area contributed by atoms with Gasteiger partial charge in [-0.1, -0.05) is 42.0 Å². The number of anilines is 1. The van der Waals surface area contributed by atoms with Gasteiger partial charge in [-0.25, -0.2) is 4.79 Å². The molecule has 1 fully saturated rings. The van der Waals surface area contributed by atoms with Crippen LogP contribution < -0.4 is 5.32 Å². The number of amides is 2. The summed E-state index contributed by atoms with van der Waals surface area (Å²) in [5, 5.41) is 21.8. The molecule has 1 aliphatic heterocycles. The Morgan fingerprint density at radius 2 is 2.21 bits per heavy atom. The van der Waals surface area contributed by atoms with Gasteiger partial charge in [0.25, 0.3) is 0 Å². The van der Waals surface area contributed by atoms with Gasteiger partial charge >= 0.3 is 6.03 Å². The van der Waals surface area contributed by atoms with E-state index in [-0.39, 0.29) is 18.7 Å². The molecule has 0 aliphatic carbocycles. The molecule has 2 heterocycles.